The average Bonchev–Trinajstić information content (AvgIpc) is 2.59. The first-order valence-electron chi connectivity index (χ1n) is 7.63. The Hall–Kier alpha value is -2.87. The van der Waals surface area contributed by atoms with Gasteiger partial charge in [0.15, 0.2) is 11.8 Å². The molecule has 26 heavy (non-hydrogen) atoms. The number of halogens is 1. The lowest BCUT2D eigenvalue weighted by Gasteiger charge is -2.16. The Morgan fingerprint density at radius 1 is 1.31 bits per heavy atom. The summed E-state index contributed by atoms with van der Waals surface area (Å²) in [5.74, 6) is -0.988. The Balaban J connectivity index is 2.10. The van der Waals surface area contributed by atoms with E-state index in [4.69, 9.17) is 21.1 Å². The first-order valence-corrected chi connectivity index (χ1v) is 8.01. The molecule has 0 aliphatic rings. The molecule has 2 rings (SSSR count). The Bertz CT molecular complexity index is 910. The minimum Gasteiger partial charge on any atom is -0.495 e. The van der Waals surface area contributed by atoms with Gasteiger partial charge in [-0.1, -0.05) is 11.6 Å². The van der Waals surface area contributed by atoms with Gasteiger partial charge in [0.25, 0.3) is 11.5 Å². The fourth-order valence-electron chi connectivity index (χ4n) is 2.05. The fourth-order valence-corrected chi connectivity index (χ4v) is 2.20. The van der Waals surface area contributed by atoms with E-state index < -0.39 is 18.0 Å². The van der Waals surface area contributed by atoms with Gasteiger partial charge >= 0.3 is 5.97 Å². The van der Waals surface area contributed by atoms with Gasteiger partial charge in [0.1, 0.15) is 5.75 Å². The summed E-state index contributed by atoms with van der Waals surface area (Å²) in [5, 5.41) is 6.91. The molecule has 1 N–H and O–H groups in total. The van der Waals surface area contributed by atoms with E-state index in [9.17, 15) is 14.4 Å². The van der Waals surface area contributed by atoms with E-state index in [-0.39, 0.29) is 11.3 Å². The highest BCUT2D eigenvalue weighted by atomic mass is 35.5. The molecule has 0 aliphatic carbocycles. The van der Waals surface area contributed by atoms with Gasteiger partial charge in [0.2, 0.25) is 0 Å². The zero-order valence-electron chi connectivity index (χ0n) is 14.7. The molecule has 0 spiro atoms. The van der Waals surface area contributed by atoms with Crippen molar-refractivity contribution in [3.05, 3.63) is 50.9 Å². The van der Waals surface area contributed by atoms with Gasteiger partial charge in [0, 0.05) is 24.2 Å². The van der Waals surface area contributed by atoms with Crippen molar-refractivity contribution in [2.24, 2.45) is 7.05 Å². The molecule has 0 radical (unpaired) electrons. The summed E-state index contributed by atoms with van der Waals surface area (Å²) in [6, 6.07) is 5.66. The molecular formula is C17H18ClN3O5. The zero-order chi connectivity index (χ0) is 19.4. The maximum absolute atomic E-state index is 12.3. The molecular weight excluding hydrogens is 362 g/mol. The summed E-state index contributed by atoms with van der Waals surface area (Å²) in [6.45, 7) is 3.21. The number of nitrogens with zero attached hydrogens (tertiary/aromatic N) is 2. The monoisotopic (exact) mass is 379 g/mol. The topological polar surface area (TPSA) is 99.5 Å². The Morgan fingerprint density at radius 3 is 2.62 bits per heavy atom. The summed E-state index contributed by atoms with van der Waals surface area (Å²) in [4.78, 5) is 35.7. The third-order valence-electron chi connectivity index (χ3n) is 3.56. The second kappa shape index (κ2) is 8.01. The SMILES string of the molecule is COc1cc(Cl)c(C)cc1NC(=O)C(C)OC(=O)c1ccc(=O)n(C)n1. The Kier molecular flexibility index (Phi) is 5.99. The van der Waals surface area contributed by atoms with Crippen LogP contribution < -0.4 is 15.6 Å². The number of benzene rings is 1. The maximum atomic E-state index is 12.3. The molecule has 138 valence electrons. The molecule has 0 saturated carbocycles. The molecule has 1 atom stereocenters. The second-order valence-electron chi connectivity index (χ2n) is 5.52. The molecule has 0 aliphatic heterocycles. The van der Waals surface area contributed by atoms with Crippen molar-refractivity contribution in [1.29, 1.82) is 0 Å². The molecule has 0 bridgehead atoms. The third kappa shape index (κ3) is 4.40. The number of ether oxygens (including phenoxy) is 2. The van der Waals surface area contributed by atoms with E-state index >= 15 is 0 Å². The van der Waals surface area contributed by atoms with E-state index in [0.717, 1.165) is 10.2 Å². The minimum absolute atomic E-state index is 0.0772. The molecule has 1 amide bonds. The number of esters is 1. The number of amides is 1. The van der Waals surface area contributed by atoms with Crippen molar-refractivity contribution < 1.29 is 19.1 Å². The van der Waals surface area contributed by atoms with Crippen LogP contribution in [-0.4, -0.2) is 34.9 Å². The van der Waals surface area contributed by atoms with Crippen molar-refractivity contribution in [2.45, 2.75) is 20.0 Å². The van der Waals surface area contributed by atoms with Gasteiger partial charge in [0.05, 0.1) is 12.8 Å². The Morgan fingerprint density at radius 2 is 2.00 bits per heavy atom. The molecule has 1 aromatic carbocycles. The van der Waals surface area contributed by atoms with Gasteiger partial charge in [-0.15, -0.1) is 0 Å². The predicted octanol–water partition coefficient (Wildman–Crippen LogP) is 1.93. The number of carbonyl (C=O) groups is 2. The number of rotatable bonds is 5. The van der Waals surface area contributed by atoms with Crippen LogP contribution in [0, 0.1) is 6.92 Å². The van der Waals surface area contributed by atoms with Crippen LogP contribution in [0.3, 0.4) is 0 Å². The summed E-state index contributed by atoms with van der Waals surface area (Å²) < 4.78 is 11.3. The summed E-state index contributed by atoms with van der Waals surface area (Å²) in [5.41, 5.74) is 0.716. The molecule has 1 unspecified atom stereocenters. The molecule has 0 fully saturated rings. The fraction of sp³-hybridized carbons (Fsp3) is 0.294. The van der Waals surface area contributed by atoms with Crippen molar-refractivity contribution in [3.63, 3.8) is 0 Å². The van der Waals surface area contributed by atoms with Crippen LogP contribution in [0.5, 0.6) is 5.75 Å². The number of nitrogens with one attached hydrogen (secondary N) is 1. The quantitative estimate of drug-likeness (QED) is 0.797. The van der Waals surface area contributed by atoms with E-state index in [1.165, 1.54) is 33.2 Å². The first kappa shape index (κ1) is 19.5. The number of hydrogen-bond donors (Lipinski definition) is 1. The number of hydrogen-bond acceptors (Lipinski definition) is 6. The molecule has 2 aromatic rings. The van der Waals surface area contributed by atoms with Crippen LogP contribution >= 0.6 is 11.6 Å². The summed E-state index contributed by atoms with van der Waals surface area (Å²) >= 11 is 6.03. The van der Waals surface area contributed by atoms with Crippen LogP contribution in [0.4, 0.5) is 5.69 Å². The number of methoxy groups -OCH3 is 1. The molecule has 0 saturated heterocycles. The van der Waals surface area contributed by atoms with Crippen molar-refractivity contribution in [3.8, 4) is 5.75 Å². The zero-order valence-corrected chi connectivity index (χ0v) is 15.5. The van der Waals surface area contributed by atoms with Crippen molar-refractivity contribution in [2.75, 3.05) is 12.4 Å². The summed E-state index contributed by atoms with van der Waals surface area (Å²) in [7, 11) is 2.86. The lowest BCUT2D eigenvalue weighted by atomic mass is 10.2. The van der Waals surface area contributed by atoms with Gasteiger partial charge in [-0.25, -0.2) is 9.48 Å². The van der Waals surface area contributed by atoms with Crippen LogP contribution in [-0.2, 0) is 16.6 Å². The minimum atomic E-state index is -1.10. The number of aryl methyl sites for hydroxylation is 2. The lowest BCUT2D eigenvalue weighted by Crippen LogP contribution is -2.31. The van der Waals surface area contributed by atoms with E-state index in [1.54, 1.807) is 19.1 Å². The standard InChI is InChI=1S/C17H18ClN3O5/c1-9-7-13(14(25-4)8-11(9)18)19-16(23)10(2)26-17(24)12-5-6-15(22)21(3)20-12/h5-8,10H,1-4H3,(H,19,23). The number of anilines is 1. The van der Waals surface area contributed by atoms with Gasteiger partial charge in [-0.3, -0.25) is 9.59 Å². The second-order valence-corrected chi connectivity index (χ2v) is 5.93. The number of carbonyl (C=O) groups excluding carboxylic acids is 2. The normalized spacial score (nSPS) is 11.6. The van der Waals surface area contributed by atoms with Crippen molar-refractivity contribution >= 4 is 29.2 Å². The number of aromatic nitrogens is 2. The van der Waals surface area contributed by atoms with Crippen LogP contribution in [0.15, 0.2) is 29.1 Å². The molecule has 9 heteroatoms. The highest BCUT2D eigenvalue weighted by molar-refractivity contribution is 6.31. The van der Waals surface area contributed by atoms with Gasteiger partial charge < -0.3 is 14.8 Å². The van der Waals surface area contributed by atoms with Crippen LogP contribution in [0.2, 0.25) is 5.02 Å². The van der Waals surface area contributed by atoms with Gasteiger partial charge in [-0.2, -0.15) is 5.10 Å². The molecule has 1 aromatic heterocycles. The predicted molar refractivity (Wildman–Crippen MR) is 95.7 cm³/mol. The largest absolute Gasteiger partial charge is 0.495 e. The maximum Gasteiger partial charge on any atom is 0.359 e. The van der Waals surface area contributed by atoms with E-state index in [0.29, 0.717) is 16.5 Å². The molecule has 1 heterocycles. The molecule has 8 nitrogen and oxygen atoms in total. The first-order chi connectivity index (χ1) is 12.2. The van der Waals surface area contributed by atoms with E-state index in [1.807, 2.05) is 0 Å². The van der Waals surface area contributed by atoms with Crippen LogP contribution in [0.25, 0.3) is 0 Å². The van der Waals surface area contributed by atoms with Crippen molar-refractivity contribution in [1.82, 2.24) is 9.78 Å². The van der Waals surface area contributed by atoms with Gasteiger partial charge in [-0.05, 0) is 31.5 Å². The summed E-state index contributed by atoms with van der Waals surface area (Å²) in [6.07, 6.45) is -1.10. The third-order valence-corrected chi connectivity index (χ3v) is 3.97. The Labute approximate surface area is 154 Å². The lowest BCUT2D eigenvalue weighted by molar-refractivity contribution is -0.123. The average molecular weight is 380 g/mol. The highest BCUT2D eigenvalue weighted by Crippen LogP contribution is 2.31. The smallest absolute Gasteiger partial charge is 0.359 e. The van der Waals surface area contributed by atoms with Crippen LogP contribution in [0.1, 0.15) is 23.0 Å². The highest BCUT2D eigenvalue weighted by Gasteiger charge is 2.21. The van der Waals surface area contributed by atoms with E-state index in [2.05, 4.69) is 10.4 Å².